The van der Waals surface area contributed by atoms with Gasteiger partial charge in [0.05, 0.1) is 60.8 Å². The number of ether oxygens (including phenoxy) is 2. The number of aromatic nitrogens is 4. The fraction of sp³-hybridized carbons (Fsp3) is 0.606. The van der Waals surface area contributed by atoms with E-state index < -0.39 is 0 Å². The van der Waals surface area contributed by atoms with Crippen molar-refractivity contribution in [3.8, 4) is 11.1 Å². The normalized spacial score (nSPS) is 24.8. The van der Waals surface area contributed by atoms with Crippen molar-refractivity contribution in [1.29, 1.82) is 0 Å². The molecule has 1 aliphatic carbocycles. The van der Waals surface area contributed by atoms with E-state index in [1.807, 2.05) is 11.1 Å². The zero-order chi connectivity index (χ0) is 30.8. The Balaban J connectivity index is 1.27. The van der Waals surface area contributed by atoms with Gasteiger partial charge in [0.15, 0.2) is 5.82 Å². The van der Waals surface area contributed by atoms with Gasteiger partial charge in [-0.1, -0.05) is 25.1 Å². The molecule has 0 bridgehead atoms. The van der Waals surface area contributed by atoms with E-state index in [-0.39, 0.29) is 28.9 Å². The van der Waals surface area contributed by atoms with Crippen LogP contribution in [0, 0.1) is 19.3 Å². The number of H-pyrrole nitrogens is 1. The van der Waals surface area contributed by atoms with Crippen LogP contribution in [0.3, 0.4) is 0 Å². The molecule has 4 aliphatic rings. The summed E-state index contributed by atoms with van der Waals surface area (Å²) < 4.78 is 14.0. The quantitative estimate of drug-likeness (QED) is 0.397. The van der Waals surface area contributed by atoms with Crippen molar-refractivity contribution in [2.24, 2.45) is 5.41 Å². The molecule has 3 saturated heterocycles. The molecule has 3 aromatic rings. The highest BCUT2D eigenvalue weighted by atomic mass is 35.5. The van der Waals surface area contributed by atoms with Crippen molar-refractivity contribution in [3.05, 3.63) is 41.2 Å². The highest BCUT2D eigenvalue weighted by Crippen LogP contribution is 2.56. The monoisotopic (exact) mass is 621 g/mol. The van der Waals surface area contributed by atoms with Crippen LogP contribution in [-0.4, -0.2) is 106 Å². The summed E-state index contributed by atoms with van der Waals surface area (Å²) in [5.74, 6) is 1.02. The molecule has 3 aliphatic heterocycles. The van der Waals surface area contributed by atoms with E-state index in [9.17, 15) is 4.79 Å². The molecular formula is C33H44ClN7O3. The first-order valence-electron chi connectivity index (χ1n) is 16.0. The predicted octanol–water partition coefficient (Wildman–Crippen LogP) is 4.75. The molecule has 2 aromatic heterocycles. The number of likely N-dealkylation sites (tertiary alicyclic amines) is 1. The summed E-state index contributed by atoms with van der Waals surface area (Å²) in [6.07, 6.45) is 6.29. The predicted molar refractivity (Wildman–Crippen MR) is 172 cm³/mol. The summed E-state index contributed by atoms with van der Waals surface area (Å²) in [4.78, 5) is 19.1. The van der Waals surface area contributed by atoms with Crippen LogP contribution in [0.15, 0.2) is 24.9 Å². The number of aromatic amines is 1. The molecule has 1 amide bonds. The van der Waals surface area contributed by atoms with Crippen molar-refractivity contribution in [2.45, 2.75) is 64.6 Å². The Morgan fingerprint density at radius 1 is 1.14 bits per heavy atom. The number of piperazine rings is 1. The van der Waals surface area contributed by atoms with Crippen LogP contribution in [-0.2, 0) is 14.3 Å². The average Bonchev–Trinajstić information content (AvgIpc) is 3.44. The van der Waals surface area contributed by atoms with Crippen molar-refractivity contribution >= 4 is 34.2 Å². The van der Waals surface area contributed by atoms with Crippen LogP contribution in [0.5, 0.6) is 0 Å². The van der Waals surface area contributed by atoms with Gasteiger partial charge in [-0.3, -0.25) is 19.5 Å². The second kappa shape index (κ2) is 11.2. The van der Waals surface area contributed by atoms with E-state index in [1.165, 1.54) is 6.08 Å². The van der Waals surface area contributed by atoms with Gasteiger partial charge in [-0.15, -0.1) is 0 Å². The molecule has 0 radical (unpaired) electrons. The molecule has 1 N–H and O–H groups in total. The summed E-state index contributed by atoms with van der Waals surface area (Å²) in [5, 5.41) is 14.8. The Kier molecular flexibility index (Phi) is 7.55. The zero-order valence-corrected chi connectivity index (χ0v) is 27.1. The molecule has 1 aromatic carbocycles. The van der Waals surface area contributed by atoms with Gasteiger partial charge in [-0.2, -0.15) is 10.2 Å². The fourth-order valence-electron chi connectivity index (χ4n) is 8.10. The summed E-state index contributed by atoms with van der Waals surface area (Å²) in [6, 6.07) is 2.60. The lowest BCUT2D eigenvalue weighted by Crippen LogP contribution is -2.64. The third-order valence-electron chi connectivity index (χ3n) is 10.8. The van der Waals surface area contributed by atoms with Gasteiger partial charge in [0, 0.05) is 60.3 Å². The molecule has 0 unspecified atom stereocenters. The van der Waals surface area contributed by atoms with Crippen molar-refractivity contribution < 1.29 is 14.3 Å². The van der Waals surface area contributed by atoms with Crippen LogP contribution in [0.25, 0.3) is 22.0 Å². The van der Waals surface area contributed by atoms with Crippen LogP contribution in [0.4, 0.5) is 5.82 Å². The topological polar surface area (TPSA) is 91.8 Å². The minimum atomic E-state index is -0.156. The summed E-state index contributed by atoms with van der Waals surface area (Å²) in [6.45, 7) is 19.5. The first-order valence-corrected chi connectivity index (χ1v) is 16.3. The maximum Gasteiger partial charge on any atom is 0.245 e. The van der Waals surface area contributed by atoms with Gasteiger partial charge in [0.1, 0.15) is 0 Å². The number of benzene rings is 1. The number of anilines is 1. The van der Waals surface area contributed by atoms with Gasteiger partial charge in [0.2, 0.25) is 5.91 Å². The third-order valence-corrected chi connectivity index (χ3v) is 11.3. The van der Waals surface area contributed by atoms with Crippen LogP contribution in [0.2, 0.25) is 5.02 Å². The molecule has 1 spiro atoms. The molecule has 1 saturated carbocycles. The second-order valence-corrected chi connectivity index (χ2v) is 14.1. The fourth-order valence-corrected chi connectivity index (χ4v) is 8.35. The molecular weight excluding hydrogens is 578 g/mol. The Labute approximate surface area is 264 Å². The van der Waals surface area contributed by atoms with Crippen molar-refractivity contribution in [3.63, 3.8) is 0 Å². The molecule has 10 nitrogen and oxygen atoms in total. The van der Waals surface area contributed by atoms with E-state index in [0.29, 0.717) is 26.4 Å². The smallest absolute Gasteiger partial charge is 0.245 e. The Morgan fingerprint density at radius 3 is 2.55 bits per heavy atom. The molecule has 7 rings (SSSR count). The number of aryl methyl sites for hydroxylation is 1. The maximum absolute atomic E-state index is 12.1. The van der Waals surface area contributed by atoms with E-state index in [2.05, 4.69) is 65.0 Å². The first kappa shape index (κ1) is 29.8. The highest BCUT2D eigenvalue weighted by Gasteiger charge is 2.55. The molecule has 4 fully saturated rings. The highest BCUT2D eigenvalue weighted by molar-refractivity contribution is 6.36. The van der Waals surface area contributed by atoms with E-state index in [0.717, 1.165) is 96.1 Å². The zero-order valence-electron chi connectivity index (χ0n) is 26.4. The molecule has 5 heterocycles. The lowest BCUT2D eigenvalue weighted by Gasteiger charge is -2.58. The second-order valence-electron chi connectivity index (χ2n) is 13.7. The van der Waals surface area contributed by atoms with Gasteiger partial charge < -0.3 is 19.3 Å². The van der Waals surface area contributed by atoms with Crippen molar-refractivity contribution in [1.82, 2.24) is 29.8 Å². The van der Waals surface area contributed by atoms with Gasteiger partial charge >= 0.3 is 0 Å². The number of fused-ring (bicyclic) bond motifs is 1. The summed E-state index contributed by atoms with van der Waals surface area (Å²) in [5.41, 5.74) is 5.24. The summed E-state index contributed by atoms with van der Waals surface area (Å²) >= 11 is 7.19. The minimum Gasteiger partial charge on any atom is -0.377 e. The third kappa shape index (κ3) is 4.76. The number of amides is 1. The molecule has 11 heteroatoms. The number of carbonyl (C=O) groups is 1. The SMILES string of the molecule is C=CC(=O)N1CC2(CC(n3nc(N4CCN(C5COCCOC5)C[C@]4(C)CC)c(-c4c(Cl)c(C)cc5[nH]ncc45)c3C)C2)C1. The molecule has 236 valence electrons. The number of carbonyl (C=O) groups excluding carboxylic acids is 1. The number of rotatable bonds is 6. The Morgan fingerprint density at radius 2 is 1.86 bits per heavy atom. The van der Waals surface area contributed by atoms with Crippen molar-refractivity contribution in [2.75, 3.05) is 64.1 Å². The average molecular weight is 622 g/mol. The molecule has 1 atom stereocenters. The number of nitrogens with one attached hydrogen (secondary N) is 1. The van der Waals surface area contributed by atoms with Gasteiger partial charge in [-0.25, -0.2) is 0 Å². The Hall–Kier alpha value is -2.92. The van der Waals surface area contributed by atoms with Crippen LogP contribution < -0.4 is 4.90 Å². The Bertz CT molecular complexity index is 1580. The van der Waals surface area contributed by atoms with E-state index >= 15 is 0 Å². The van der Waals surface area contributed by atoms with Crippen LogP contribution >= 0.6 is 11.6 Å². The number of hydrogen-bond donors (Lipinski definition) is 1. The number of halogens is 1. The van der Waals surface area contributed by atoms with Crippen LogP contribution in [0.1, 0.15) is 50.4 Å². The van der Waals surface area contributed by atoms with Gasteiger partial charge in [0.25, 0.3) is 0 Å². The first-order chi connectivity index (χ1) is 21.2. The maximum atomic E-state index is 12.1. The van der Waals surface area contributed by atoms with Gasteiger partial charge in [-0.05, 0) is 57.7 Å². The standard InChI is InChI=1S/C33H44ClN7O3/c1-6-27(42)39-19-33(20-39)13-23(14-33)41-22(4)28(29-25-15-35-36-26(25)12-21(3)30(29)34)31(37-41)40-9-8-38(18-32(40,5)7-2)24-16-43-10-11-44-17-24/h6,12,15,23-24H,1,7-11,13-14,16-20H2,2-5H3,(H,35,36)/t32-/m0/s1. The largest absolute Gasteiger partial charge is 0.377 e. The lowest BCUT2D eigenvalue weighted by atomic mass is 9.60. The minimum absolute atomic E-state index is 0.0251. The number of hydrogen-bond acceptors (Lipinski definition) is 7. The lowest BCUT2D eigenvalue weighted by molar-refractivity contribution is -0.149. The number of nitrogens with zero attached hydrogens (tertiary/aromatic N) is 6. The summed E-state index contributed by atoms with van der Waals surface area (Å²) in [7, 11) is 0. The van der Waals surface area contributed by atoms with E-state index in [1.54, 1.807) is 0 Å². The van der Waals surface area contributed by atoms with E-state index in [4.69, 9.17) is 26.2 Å². The molecule has 44 heavy (non-hydrogen) atoms.